The zero-order valence-electron chi connectivity index (χ0n) is 15.1. The van der Waals surface area contributed by atoms with Crippen LogP contribution in [0.15, 0.2) is 47.5 Å². The van der Waals surface area contributed by atoms with Crippen LogP contribution in [0.2, 0.25) is 0 Å². The second kappa shape index (κ2) is 7.37. The number of fused-ring (bicyclic) bond motifs is 5. The maximum atomic E-state index is 12.8. The number of nitrogens with zero attached hydrogens (tertiary/aromatic N) is 4. The number of halogens is 1. The van der Waals surface area contributed by atoms with Gasteiger partial charge in [-0.2, -0.15) is 5.10 Å². The summed E-state index contributed by atoms with van der Waals surface area (Å²) in [6, 6.07) is 10.7. The van der Waals surface area contributed by atoms with Gasteiger partial charge in [0, 0.05) is 37.3 Å². The van der Waals surface area contributed by atoms with Gasteiger partial charge in [0.2, 0.25) is 0 Å². The van der Waals surface area contributed by atoms with E-state index in [1.807, 2.05) is 16.7 Å². The lowest BCUT2D eigenvalue weighted by atomic mass is 9.79. The third-order valence-corrected chi connectivity index (χ3v) is 5.71. The average molecular weight is 401 g/mol. The summed E-state index contributed by atoms with van der Waals surface area (Å²) in [7, 11) is 0. The van der Waals surface area contributed by atoms with Crippen LogP contribution in [0.1, 0.15) is 34.6 Å². The van der Waals surface area contributed by atoms with Crippen molar-refractivity contribution < 1.29 is 4.79 Å². The Labute approximate surface area is 167 Å². The van der Waals surface area contributed by atoms with E-state index in [1.54, 1.807) is 24.3 Å². The van der Waals surface area contributed by atoms with E-state index in [0.29, 0.717) is 29.7 Å². The van der Waals surface area contributed by atoms with Crippen molar-refractivity contribution in [2.24, 2.45) is 5.92 Å². The molecule has 2 aliphatic heterocycles. The van der Waals surface area contributed by atoms with Crippen molar-refractivity contribution >= 4 is 24.0 Å². The monoisotopic (exact) mass is 400 g/mol. The number of carbonyl (C=O) groups excluding carboxylic acids is 1. The van der Waals surface area contributed by atoms with Crippen LogP contribution in [0.3, 0.4) is 0 Å². The predicted molar refractivity (Wildman–Crippen MR) is 106 cm³/mol. The molecule has 146 valence electrons. The largest absolute Gasteiger partial charge is 0.349 e. The zero-order valence-corrected chi connectivity index (χ0v) is 15.9. The molecule has 1 saturated heterocycles. The molecular weight excluding hydrogens is 380 g/mol. The summed E-state index contributed by atoms with van der Waals surface area (Å²) in [5, 5.41) is 10.6. The van der Waals surface area contributed by atoms with Gasteiger partial charge in [0.1, 0.15) is 12.0 Å². The lowest BCUT2D eigenvalue weighted by Crippen LogP contribution is -2.50. The fourth-order valence-electron chi connectivity index (χ4n) is 4.47. The third kappa shape index (κ3) is 2.98. The molecule has 8 nitrogen and oxygen atoms in total. The zero-order chi connectivity index (χ0) is 18.4. The van der Waals surface area contributed by atoms with E-state index in [1.165, 1.54) is 10.8 Å². The third-order valence-electron chi connectivity index (χ3n) is 5.71. The van der Waals surface area contributed by atoms with E-state index < -0.39 is 0 Å². The standard InChI is InChI=1S/C19H20N6O2.ClH/c26-18-6-2-3-14-12-7-13(9-20-8-12)16(24(14)18)10-21-19(27)15-4-1-5-17-22-11-23-25(15)17;/h1-6,11-13,16,20H,7-10H2,(H,21,27);1H/t12-,13+,16+;/m1./s1. The molecule has 5 heterocycles. The molecule has 1 amide bonds. The lowest BCUT2D eigenvalue weighted by Gasteiger charge is -2.43. The molecule has 2 N–H and O–H groups in total. The first-order valence-corrected chi connectivity index (χ1v) is 9.21. The highest BCUT2D eigenvalue weighted by Crippen LogP contribution is 2.38. The van der Waals surface area contributed by atoms with Gasteiger partial charge >= 0.3 is 0 Å². The van der Waals surface area contributed by atoms with Crippen LogP contribution in [0.5, 0.6) is 0 Å². The van der Waals surface area contributed by atoms with Crippen LogP contribution in [-0.4, -0.2) is 44.7 Å². The van der Waals surface area contributed by atoms with Crippen LogP contribution in [0.4, 0.5) is 0 Å². The van der Waals surface area contributed by atoms with Crippen molar-refractivity contribution in [3.8, 4) is 0 Å². The van der Waals surface area contributed by atoms with Gasteiger partial charge in [-0.3, -0.25) is 9.59 Å². The Kier molecular flexibility index (Phi) is 4.91. The van der Waals surface area contributed by atoms with Gasteiger partial charge in [0.05, 0.1) is 6.04 Å². The molecule has 3 aromatic heterocycles. The SMILES string of the molecule is Cl.O=C(NC[C@H]1[C@@H]2CNC[C@@H](C2)c2cccc(=O)n21)c1cccc2ncnn12. The molecular formula is C19H21ClN6O2. The van der Waals surface area contributed by atoms with Gasteiger partial charge < -0.3 is 15.2 Å². The average Bonchev–Trinajstić information content (AvgIpc) is 3.17. The Bertz CT molecular complexity index is 1080. The summed E-state index contributed by atoms with van der Waals surface area (Å²) in [5.41, 5.74) is 2.12. The fraction of sp³-hybridized carbons (Fsp3) is 0.368. The summed E-state index contributed by atoms with van der Waals surface area (Å²) in [4.78, 5) is 29.4. The van der Waals surface area contributed by atoms with Crippen molar-refractivity contribution in [1.82, 2.24) is 29.8 Å². The topological polar surface area (TPSA) is 93.3 Å². The quantitative estimate of drug-likeness (QED) is 0.684. The highest BCUT2D eigenvalue weighted by Gasteiger charge is 2.37. The van der Waals surface area contributed by atoms with Gasteiger partial charge in [-0.1, -0.05) is 12.1 Å². The number of hydrogen-bond acceptors (Lipinski definition) is 5. The van der Waals surface area contributed by atoms with Gasteiger partial charge in [-0.15, -0.1) is 12.4 Å². The molecule has 2 aliphatic rings. The van der Waals surface area contributed by atoms with Crippen molar-refractivity contribution in [2.75, 3.05) is 19.6 Å². The van der Waals surface area contributed by atoms with Crippen LogP contribution < -0.4 is 16.2 Å². The van der Waals surface area contributed by atoms with Crippen LogP contribution in [0.25, 0.3) is 5.65 Å². The number of carbonyl (C=O) groups is 1. The summed E-state index contributed by atoms with van der Waals surface area (Å²) in [6.45, 7) is 2.16. The summed E-state index contributed by atoms with van der Waals surface area (Å²) in [6.07, 6.45) is 2.46. The Morgan fingerprint density at radius 1 is 1.21 bits per heavy atom. The molecule has 2 bridgehead atoms. The first kappa shape index (κ1) is 18.6. The van der Waals surface area contributed by atoms with E-state index in [-0.39, 0.29) is 29.9 Å². The maximum absolute atomic E-state index is 12.8. The van der Waals surface area contributed by atoms with E-state index in [2.05, 4.69) is 20.7 Å². The molecule has 0 aliphatic carbocycles. The van der Waals surface area contributed by atoms with Gasteiger partial charge in [-0.25, -0.2) is 9.50 Å². The Hall–Kier alpha value is -2.71. The molecule has 0 aromatic carbocycles. The van der Waals surface area contributed by atoms with E-state index >= 15 is 0 Å². The van der Waals surface area contributed by atoms with Gasteiger partial charge in [0.15, 0.2) is 5.65 Å². The van der Waals surface area contributed by atoms with Gasteiger partial charge in [0.25, 0.3) is 11.5 Å². The minimum absolute atomic E-state index is 0. The number of amides is 1. The molecule has 0 saturated carbocycles. The molecule has 0 spiro atoms. The highest BCUT2D eigenvalue weighted by atomic mass is 35.5. The van der Waals surface area contributed by atoms with E-state index in [0.717, 1.165) is 25.2 Å². The number of nitrogens with one attached hydrogen (secondary N) is 2. The second-order valence-corrected chi connectivity index (χ2v) is 7.23. The smallest absolute Gasteiger partial charge is 0.270 e. The van der Waals surface area contributed by atoms with Crippen LogP contribution >= 0.6 is 12.4 Å². The Morgan fingerprint density at radius 3 is 2.96 bits per heavy atom. The Balaban J connectivity index is 0.00000192. The first-order chi connectivity index (χ1) is 13.2. The first-order valence-electron chi connectivity index (χ1n) is 9.21. The van der Waals surface area contributed by atoms with E-state index in [4.69, 9.17) is 0 Å². The molecule has 3 aromatic rings. The minimum atomic E-state index is -0.220. The van der Waals surface area contributed by atoms with Crippen molar-refractivity contribution in [1.29, 1.82) is 0 Å². The predicted octanol–water partition coefficient (Wildman–Crippen LogP) is 0.991. The number of hydrogen-bond donors (Lipinski definition) is 2. The number of piperidine rings is 1. The van der Waals surface area contributed by atoms with Crippen molar-refractivity contribution in [3.05, 3.63) is 64.5 Å². The lowest BCUT2D eigenvalue weighted by molar-refractivity contribution is 0.0924. The molecule has 3 atom stereocenters. The van der Waals surface area contributed by atoms with Gasteiger partial charge in [-0.05, 0) is 30.5 Å². The molecule has 9 heteroatoms. The highest BCUT2D eigenvalue weighted by molar-refractivity contribution is 5.93. The number of pyridine rings is 2. The van der Waals surface area contributed by atoms with Crippen molar-refractivity contribution in [3.63, 3.8) is 0 Å². The summed E-state index contributed by atoms with van der Waals surface area (Å²) in [5.74, 6) is 0.454. The number of aromatic nitrogens is 4. The molecule has 0 unspecified atom stereocenters. The second-order valence-electron chi connectivity index (χ2n) is 7.23. The molecule has 0 radical (unpaired) electrons. The molecule has 1 fully saturated rings. The normalized spacial score (nSPS) is 22.9. The Morgan fingerprint density at radius 2 is 2.07 bits per heavy atom. The molecule has 5 rings (SSSR count). The van der Waals surface area contributed by atoms with Crippen LogP contribution in [0, 0.1) is 5.92 Å². The van der Waals surface area contributed by atoms with E-state index in [9.17, 15) is 9.59 Å². The number of rotatable bonds is 3. The van der Waals surface area contributed by atoms with Crippen molar-refractivity contribution in [2.45, 2.75) is 18.4 Å². The minimum Gasteiger partial charge on any atom is -0.349 e. The summed E-state index contributed by atoms with van der Waals surface area (Å²) >= 11 is 0. The molecule has 28 heavy (non-hydrogen) atoms. The summed E-state index contributed by atoms with van der Waals surface area (Å²) < 4.78 is 3.41. The maximum Gasteiger partial charge on any atom is 0.270 e. The van der Waals surface area contributed by atoms with Crippen LogP contribution in [-0.2, 0) is 0 Å². The fourth-order valence-corrected chi connectivity index (χ4v) is 4.47.